The minimum atomic E-state index is 0.678. The van der Waals surface area contributed by atoms with E-state index in [1.807, 2.05) is 6.20 Å². The van der Waals surface area contributed by atoms with Crippen molar-refractivity contribution >= 4 is 5.95 Å². The number of imidazole rings is 1. The van der Waals surface area contributed by atoms with Crippen molar-refractivity contribution in [3.8, 4) is 0 Å². The van der Waals surface area contributed by atoms with Crippen molar-refractivity contribution in [2.45, 2.75) is 50.7 Å². The van der Waals surface area contributed by atoms with Gasteiger partial charge in [0.15, 0.2) is 0 Å². The molecule has 4 nitrogen and oxygen atoms in total. The molecule has 0 spiro atoms. The van der Waals surface area contributed by atoms with Gasteiger partial charge in [0.1, 0.15) is 0 Å². The van der Waals surface area contributed by atoms with E-state index in [9.17, 15) is 0 Å². The highest BCUT2D eigenvalue weighted by Crippen LogP contribution is 2.24. The number of nitrogens with one attached hydrogen (secondary N) is 1. The second-order valence-electron chi connectivity index (χ2n) is 5.45. The van der Waals surface area contributed by atoms with Gasteiger partial charge in [-0.1, -0.05) is 6.42 Å². The third kappa shape index (κ3) is 2.63. The zero-order valence-corrected chi connectivity index (χ0v) is 10.6. The van der Waals surface area contributed by atoms with Crippen molar-refractivity contribution in [2.75, 3.05) is 18.9 Å². The quantitative estimate of drug-likeness (QED) is 0.864. The molecule has 2 aliphatic rings. The number of piperidine rings is 1. The van der Waals surface area contributed by atoms with Crippen molar-refractivity contribution in [3.05, 3.63) is 12.4 Å². The van der Waals surface area contributed by atoms with Crippen molar-refractivity contribution in [3.63, 3.8) is 0 Å². The maximum absolute atomic E-state index is 4.42. The number of likely N-dealkylation sites (tertiary alicyclic amines) is 1. The molecule has 1 aliphatic carbocycles. The molecule has 4 heteroatoms. The van der Waals surface area contributed by atoms with Gasteiger partial charge in [0.25, 0.3) is 0 Å². The normalized spacial score (nSPS) is 26.1. The second-order valence-corrected chi connectivity index (χ2v) is 5.45. The van der Waals surface area contributed by atoms with Crippen molar-refractivity contribution in [1.29, 1.82) is 0 Å². The molecule has 2 heterocycles. The summed E-state index contributed by atoms with van der Waals surface area (Å²) >= 11 is 0. The van der Waals surface area contributed by atoms with E-state index < -0.39 is 0 Å². The summed E-state index contributed by atoms with van der Waals surface area (Å²) in [6.07, 6.45) is 10.7. The Hall–Kier alpha value is -1.03. The molecule has 3 rings (SSSR count). The number of rotatable bonds is 4. The first-order valence-corrected chi connectivity index (χ1v) is 6.81. The number of nitrogens with zero attached hydrogens (tertiary/aromatic N) is 3. The topological polar surface area (TPSA) is 33.1 Å². The average Bonchev–Trinajstić information content (AvgIpc) is 3.03. The number of anilines is 1. The zero-order valence-electron chi connectivity index (χ0n) is 10.6. The minimum Gasteiger partial charge on any atom is -0.353 e. The van der Waals surface area contributed by atoms with E-state index in [0.717, 1.165) is 12.5 Å². The summed E-state index contributed by atoms with van der Waals surface area (Å²) in [4.78, 5) is 6.91. The maximum Gasteiger partial charge on any atom is 0.203 e. The highest BCUT2D eigenvalue weighted by molar-refractivity contribution is 5.29. The number of hydrogen-bond donors (Lipinski definition) is 1. The zero-order chi connectivity index (χ0) is 11.7. The molecule has 2 fully saturated rings. The SMILES string of the molecule is CN1CCCCC1Cn1ccnc1NC1CC1. The molecular formula is C13H22N4. The average molecular weight is 234 g/mol. The second kappa shape index (κ2) is 4.69. The lowest BCUT2D eigenvalue weighted by Gasteiger charge is -2.32. The first kappa shape index (κ1) is 11.1. The van der Waals surface area contributed by atoms with Gasteiger partial charge in [-0.2, -0.15) is 0 Å². The smallest absolute Gasteiger partial charge is 0.203 e. The van der Waals surface area contributed by atoms with Gasteiger partial charge in [-0.3, -0.25) is 0 Å². The molecule has 1 saturated carbocycles. The summed E-state index contributed by atoms with van der Waals surface area (Å²) in [5.74, 6) is 1.06. The van der Waals surface area contributed by atoms with Crippen LogP contribution in [0.25, 0.3) is 0 Å². The van der Waals surface area contributed by atoms with Gasteiger partial charge in [-0.15, -0.1) is 0 Å². The summed E-state index contributed by atoms with van der Waals surface area (Å²) in [7, 11) is 2.24. The molecular weight excluding hydrogens is 212 g/mol. The summed E-state index contributed by atoms with van der Waals surface area (Å²) < 4.78 is 2.28. The van der Waals surface area contributed by atoms with Gasteiger partial charge in [0.05, 0.1) is 0 Å². The van der Waals surface area contributed by atoms with Crippen LogP contribution in [0.4, 0.5) is 5.95 Å². The van der Waals surface area contributed by atoms with Gasteiger partial charge in [0, 0.05) is 31.0 Å². The first-order valence-electron chi connectivity index (χ1n) is 6.81. The van der Waals surface area contributed by atoms with E-state index in [-0.39, 0.29) is 0 Å². The Balaban J connectivity index is 1.64. The van der Waals surface area contributed by atoms with E-state index in [4.69, 9.17) is 0 Å². The van der Waals surface area contributed by atoms with Gasteiger partial charge in [0.2, 0.25) is 5.95 Å². The molecule has 1 aliphatic heterocycles. The Kier molecular flexibility index (Phi) is 3.05. The van der Waals surface area contributed by atoms with Gasteiger partial charge in [-0.25, -0.2) is 4.98 Å². The third-order valence-electron chi connectivity index (χ3n) is 3.96. The van der Waals surface area contributed by atoms with Crippen molar-refractivity contribution in [2.24, 2.45) is 0 Å². The Labute approximate surface area is 103 Å². The standard InChI is InChI=1S/C13H22N4/c1-16-8-3-2-4-12(16)10-17-9-7-14-13(17)15-11-5-6-11/h7,9,11-12H,2-6,8,10H2,1H3,(H,14,15). The molecule has 1 N–H and O–H groups in total. The fourth-order valence-corrected chi connectivity index (χ4v) is 2.61. The number of likely N-dealkylation sites (N-methyl/N-ethyl adjacent to an activating group) is 1. The first-order chi connectivity index (χ1) is 8.33. The summed E-state index contributed by atoms with van der Waals surface area (Å²) in [5, 5.41) is 3.50. The summed E-state index contributed by atoms with van der Waals surface area (Å²) in [6.45, 7) is 2.32. The van der Waals surface area contributed by atoms with Crippen LogP contribution >= 0.6 is 0 Å². The predicted molar refractivity (Wildman–Crippen MR) is 69.1 cm³/mol. The van der Waals surface area contributed by atoms with Crippen LogP contribution in [0.1, 0.15) is 32.1 Å². The van der Waals surface area contributed by atoms with Gasteiger partial charge >= 0.3 is 0 Å². The van der Waals surface area contributed by atoms with E-state index in [1.54, 1.807) is 0 Å². The van der Waals surface area contributed by atoms with Crippen LogP contribution in [0.3, 0.4) is 0 Å². The highest BCUT2D eigenvalue weighted by atomic mass is 15.2. The van der Waals surface area contributed by atoms with E-state index in [0.29, 0.717) is 12.1 Å². The molecule has 94 valence electrons. The Morgan fingerprint density at radius 3 is 3.00 bits per heavy atom. The minimum absolute atomic E-state index is 0.678. The van der Waals surface area contributed by atoms with Crippen LogP contribution in [0.15, 0.2) is 12.4 Å². The highest BCUT2D eigenvalue weighted by Gasteiger charge is 2.24. The summed E-state index contributed by atoms with van der Waals surface area (Å²) in [6, 6.07) is 1.36. The maximum atomic E-state index is 4.42. The lowest BCUT2D eigenvalue weighted by molar-refractivity contribution is 0.168. The number of hydrogen-bond acceptors (Lipinski definition) is 3. The van der Waals surface area contributed by atoms with Crippen LogP contribution in [-0.2, 0) is 6.54 Å². The molecule has 1 unspecified atom stereocenters. The van der Waals surface area contributed by atoms with Crippen LogP contribution < -0.4 is 5.32 Å². The largest absolute Gasteiger partial charge is 0.353 e. The third-order valence-corrected chi connectivity index (χ3v) is 3.96. The van der Waals surface area contributed by atoms with Crippen LogP contribution in [0, 0.1) is 0 Å². The van der Waals surface area contributed by atoms with Crippen LogP contribution in [0.5, 0.6) is 0 Å². The summed E-state index contributed by atoms with van der Waals surface area (Å²) in [5.41, 5.74) is 0. The molecule has 0 aromatic carbocycles. The molecule has 1 atom stereocenters. The van der Waals surface area contributed by atoms with E-state index >= 15 is 0 Å². The van der Waals surface area contributed by atoms with Crippen LogP contribution in [-0.4, -0.2) is 40.1 Å². The van der Waals surface area contributed by atoms with Gasteiger partial charge < -0.3 is 14.8 Å². The Morgan fingerprint density at radius 2 is 2.24 bits per heavy atom. The van der Waals surface area contributed by atoms with Crippen LogP contribution in [0.2, 0.25) is 0 Å². The van der Waals surface area contributed by atoms with Crippen molar-refractivity contribution < 1.29 is 0 Å². The molecule has 1 saturated heterocycles. The molecule has 0 amide bonds. The molecule has 1 aromatic heterocycles. The Morgan fingerprint density at radius 1 is 1.35 bits per heavy atom. The van der Waals surface area contributed by atoms with E-state index in [1.165, 1.54) is 38.6 Å². The number of aromatic nitrogens is 2. The van der Waals surface area contributed by atoms with Gasteiger partial charge in [-0.05, 0) is 39.3 Å². The fourth-order valence-electron chi connectivity index (χ4n) is 2.61. The molecule has 0 radical (unpaired) electrons. The van der Waals surface area contributed by atoms with Crippen molar-refractivity contribution in [1.82, 2.24) is 14.5 Å². The van der Waals surface area contributed by atoms with E-state index in [2.05, 4.69) is 33.0 Å². The lowest BCUT2D eigenvalue weighted by Crippen LogP contribution is -2.39. The molecule has 17 heavy (non-hydrogen) atoms. The molecule has 1 aromatic rings. The lowest BCUT2D eigenvalue weighted by atomic mass is 10.0. The molecule has 0 bridgehead atoms. The monoisotopic (exact) mass is 234 g/mol. The predicted octanol–water partition coefficient (Wildman–Crippen LogP) is 1.94. The fraction of sp³-hybridized carbons (Fsp3) is 0.769. The Bertz CT molecular complexity index is 369.